The van der Waals surface area contributed by atoms with Crippen molar-refractivity contribution >= 4 is 17.3 Å². The van der Waals surface area contributed by atoms with Gasteiger partial charge in [0.2, 0.25) is 5.91 Å². The first-order valence-electron chi connectivity index (χ1n) is 7.27. The minimum absolute atomic E-state index is 0.00502. The Morgan fingerprint density at radius 3 is 1.91 bits per heavy atom. The molecule has 0 aromatic heterocycles. The van der Waals surface area contributed by atoms with Gasteiger partial charge in [0.1, 0.15) is 0 Å². The van der Waals surface area contributed by atoms with E-state index >= 15 is 0 Å². The number of hydrogen-bond donors (Lipinski definition) is 0. The van der Waals surface area contributed by atoms with Crippen molar-refractivity contribution < 1.29 is 4.79 Å². The van der Waals surface area contributed by atoms with Crippen LogP contribution in [-0.2, 0) is 4.79 Å². The van der Waals surface area contributed by atoms with Crippen molar-refractivity contribution in [1.29, 1.82) is 0 Å². The predicted molar refractivity (Wildman–Crippen MR) is 91.1 cm³/mol. The fourth-order valence-corrected chi connectivity index (χ4v) is 2.60. The zero-order valence-corrected chi connectivity index (χ0v) is 12.4. The maximum absolute atomic E-state index is 12.3. The Morgan fingerprint density at radius 1 is 0.727 bits per heavy atom. The van der Waals surface area contributed by atoms with Gasteiger partial charge in [0.25, 0.3) is 0 Å². The van der Waals surface area contributed by atoms with E-state index in [1.807, 2.05) is 72.8 Å². The van der Waals surface area contributed by atoms with Gasteiger partial charge in [-0.2, -0.15) is 0 Å². The molecule has 2 heteroatoms. The van der Waals surface area contributed by atoms with Gasteiger partial charge in [-0.25, -0.2) is 0 Å². The van der Waals surface area contributed by atoms with E-state index < -0.39 is 0 Å². The van der Waals surface area contributed by atoms with E-state index in [-0.39, 0.29) is 5.91 Å². The van der Waals surface area contributed by atoms with E-state index in [0.717, 1.165) is 22.5 Å². The molecular formula is C20H17NO. The van der Waals surface area contributed by atoms with Gasteiger partial charge < -0.3 is 0 Å². The zero-order chi connectivity index (χ0) is 15.4. The average molecular weight is 287 g/mol. The average Bonchev–Trinajstić information content (AvgIpc) is 2.57. The summed E-state index contributed by atoms with van der Waals surface area (Å²) in [7, 11) is 0. The second-order valence-corrected chi connectivity index (χ2v) is 5.07. The van der Waals surface area contributed by atoms with Crippen LogP contribution >= 0.6 is 0 Å². The first-order valence-corrected chi connectivity index (χ1v) is 7.27. The summed E-state index contributed by atoms with van der Waals surface area (Å²) in [6.07, 6.45) is 0. The molecule has 3 aromatic rings. The van der Waals surface area contributed by atoms with Crippen molar-refractivity contribution in [1.82, 2.24) is 0 Å². The lowest BCUT2D eigenvalue weighted by molar-refractivity contribution is -0.115. The highest BCUT2D eigenvalue weighted by Gasteiger charge is 2.17. The lowest BCUT2D eigenvalue weighted by Crippen LogP contribution is -2.23. The molecule has 2 nitrogen and oxygen atoms in total. The molecule has 0 bridgehead atoms. The number of benzene rings is 3. The zero-order valence-electron chi connectivity index (χ0n) is 12.4. The maximum Gasteiger partial charge on any atom is 0.228 e. The van der Waals surface area contributed by atoms with Crippen LogP contribution in [-0.4, -0.2) is 5.91 Å². The number of amides is 1. The Labute approximate surface area is 130 Å². The molecule has 0 aliphatic heterocycles. The molecule has 3 rings (SSSR count). The molecule has 3 aromatic carbocycles. The Morgan fingerprint density at radius 2 is 1.27 bits per heavy atom. The van der Waals surface area contributed by atoms with E-state index in [2.05, 4.69) is 12.1 Å². The summed E-state index contributed by atoms with van der Waals surface area (Å²) in [6, 6.07) is 27.8. The van der Waals surface area contributed by atoms with Crippen LogP contribution in [0.3, 0.4) is 0 Å². The Hall–Kier alpha value is -2.87. The van der Waals surface area contributed by atoms with Crippen LogP contribution in [0.1, 0.15) is 6.92 Å². The van der Waals surface area contributed by atoms with Gasteiger partial charge in [0, 0.05) is 18.2 Å². The van der Waals surface area contributed by atoms with Crippen molar-refractivity contribution in [3.8, 4) is 11.1 Å². The van der Waals surface area contributed by atoms with Crippen LogP contribution in [0.15, 0.2) is 84.9 Å². The number of carbonyl (C=O) groups is 1. The predicted octanol–water partition coefficient (Wildman–Crippen LogP) is 5.04. The summed E-state index contributed by atoms with van der Waals surface area (Å²) in [5, 5.41) is 0. The number of hydrogen-bond acceptors (Lipinski definition) is 1. The Kier molecular flexibility index (Phi) is 4.01. The molecule has 0 spiro atoms. The van der Waals surface area contributed by atoms with Gasteiger partial charge in [-0.15, -0.1) is 0 Å². The van der Waals surface area contributed by atoms with Crippen LogP contribution < -0.4 is 4.90 Å². The SMILES string of the molecule is CC(=O)N(c1ccccc1)c1ccccc1-c1ccccc1. The summed E-state index contributed by atoms with van der Waals surface area (Å²) in [4.78, 5) is 14.0. The summed E-state index contributed by atoms with van der Waals surface area (Å²) in [6.45, 7) is 1.59. The lowest BCUT2D eigenvalue weighted by atomic mass is 10.0. The topological polar surface area (TPSA) is 20.3 Å². The van der Waals surface area contributed by atoms with Crippen molar-refractivity contribution in [2.75, 3.05) is 4.90 Å². The number of anilines is 2. The fourth-order valence-electron chi connectivity index (χ4n) is 2.60. The van der Waals surface area contributed by atoms with Crippen LogP contribution in [0.25, 0.3) is 11.1 Å². The molecular weight excluding hydrogens is 270 g/mol. The van der Waals surface area contributed by atoms with Gasteiger partial charge in [0.15, 0.2) is 0 Å². The first kappa shape index (κ1) is 14.1. The summed E-state index contributed by atoms with van der Waals surface area (Å²) >= 11 is 0. The van der Waals surface area contributed by atoms with E-state index in [4.69, 9.17) is 0 Å². The molecule has 0 radical (unpaired) electrons. The van der Waals surface area contributed by atoms with Crippen LogP contribution in [0.2, 0.25) is 0 Å². The molecule has 0 N–H and O–H groups in total. The number of rotatable bonds is 3. The summed E-state index contributed by atoms with van der Waals surface area (Å²) in [5.41, 5.74) is 3.91. The highest BCUT2D eigenvalue weighted by atomic mass is 16.2. The van der Waals surface area contributed by atoms with Crippen molar-refractivity contribution in [3.63, 3.8) is 0 Å². The standard InChI is InChI=1S/C20H17NO/c1-16(22)21(18-12-6-3-7-13-18)20-15-9-8-14-19(20)17-10-4-2-5-11-17/h2-15H,1H3. The van der Waals surface area contributed by atoms with Gasteiger partial charge >= 0.3 is 0 Å². The molecule has 108 valence electrons. The molecule has 0 fully saturated rings. The van der Waals surface area contributed by atoms with Gasteiger partial charge in [0.05, 0.1) is 5.69 Å². The Balaban J connectivity index is 2.16. The largest absolute Gasteiger partial charge is 0.281 e. The number of nitrogens with zero attached hydrogens (tertiary/aromatic N) is 1. The van der Waals surface area contributed by atoms with Gasteiger partial charge in [-0.3, -0.25) is 9.69 Å². The second-order valence-electron chi connectivity index (χ2n) is 5.07. The third kappa shape index (κ3) is 2.77. The van der Waals surface area contributed by atoms with Gasteiger partial charge in [-0.05, 0) is 23.8 Å². The second kappa shape index (κ2) is 6.27. The molecule has 0 aliphatic rings. The highest BCUT2D eigenvalue weighted by Crippen LogP contribution is 2.35. The highest BCUT2D eigenvalue weighted by molar-refractivity contribution is 6.02. The van der Waals surface area contributed by atoms with Gasteiger partial charge in [-0.1, -0.05) is 66.7 Å². The normalized spacial score (nSPS) is 10.2. The molecule has 0 heterocycles. The lowest BCUT2D eigenvalue weighted by Gasteiger charge is -2.24. The molecule has 1 amide bonds. The minimum Gasteiger partial charge on any atom is -0.281 e. The molecule has 0 atom stereocenters. The third-order valence-corrected chi connectivity index (χ3v) is 3.56. The van der Waals surface area contributed by atoms with E-state index in [1.165, 1.54) is 0 Å². The van der Waals surface area contributed by atoms with E-state index in [9.17, 15) is 4.79 Å². The molecule has 0 aliphatic carbocycles. The van der Waals surface area contributed by atoms with E-state index in [0.29, 0.717) is 0 Å². The monoisotopic (exact) mass is 287 g/mol. The fraction of sp³-hybridized carbons (Fsp3) is 0.0500. The van der Waals surface area contributed by atoms with Crippen LogP contribution in [0.4, 0.5) is 11.4 Å². The van der Waals surface area contributed by atoms with Crippen LogP contribution in [0, 0.1) is 0 Å². The van der Waals surface area contributed by atoms with Crippen LogP contribution in [0.5, 0.6) is 0 Å². The number of carbonyl (C=O) groups excluding carboxylic acids is 1. The first-order chi connectivity index (χ1) is 10.8. The molecule has 0 saturated carbocycles. The maximum atomic E-state index is 12.3. The molecule has 0 unspecified atom stereocenters. The van der Waals surface area contributed by atoms with E-state index in [1.54, 1.807) is 11.8 Å². The summed E-state index contributed by atoms with van der Waals surface area (Å²) < 4.78 is 0. The third-order valence-electron chi connectivity index (χ3n) is 3.56. The molecule has 0 saturated heterocycles. The summed E-state index contributed by atoms with van der Waals surface area (Å²) in [5.74, 6) is -0.00502. The van der Waals surface area contributed by atoms with Crippen molar-refractivity contribution in [3.05, 3.63) is 84.9 Å². The van der Waals surface area contributed by atoms with Crippen molar-refractivity contribution in [2.24, 2.45) is 0 Å². The molecule has 22 heavy (non-hydrogen) atoms. The quantitative estimate of drug-likeness (QED) is 0.661. The Bertz CT molecular complexity index is 766. The number of para-hydroxylation sites is 2. The minimum atomic E-state index is -0.00502. The smallest absolute Gasteiger partial charge is 0.228 e. The van der Waals surface area contributed by atoms with Crippen molar-refractivity contribution in [2.45, 2.75) is 6.92 Å².